The number of likely N-dealkylation sites (N-methyl/N-ethyl adjacent to an activating group) is 1. The highest BCUT2D eigenvalue weighted by molar-refractivity contribution is 5.83. The average Bonchev–Trinajstić information content (AvgIpc) is 3.18. The van der Waals surface area contributed by atoms with Crippen molar-refractivity contribution in [2.75, 3.05) is 33.9 Å². The van der Waals surface area contributed by atoms with Gasteiger partial charge in [0, 0.05) is 30.8 Å². The van der Waals surface area contributed by atoms with E-state index >= 15 is 0 Å². The van der Waals surface area contributed by atoms with Crippen molar-refractivity contribution in [1.82, 2.24) is 10.2 Å². The SMILES string of the molecule is CN[C@]12CN(C(=O)OC(C)(C)C)C(C(=O)OC)[C@H]1CC1(C2)OCCO1. The third-order valence-electron chi connectivity index (χ3n) is 5.38. The van der Waals surface area contributed by atoms with Crippen molar-refractivity contribution in [1.29, 1.82) is 0 Å². The summed E-state index contributed by atoms with van der Waals surface area (Å²) in [6, 6.07) is -0.723. The highest BCUT2D eigenvalue weighted by Crippen LogP contribution is 2.53. The van der Waals surface area contributed by atoms with Crippen molar-refractivity contribution in [2.24, 2.45) is 5.92 Å². The zero-order valence-corrected chi connectivity index (χ0v) is 15.6. The number of methoxy groups -OCH3 is 1. The van der Waals surface area contributed by atoms with Crippen LogP contribution in [0, 0.1) is 5.92 Å². The first-order valence-corrected chi connectivity index (χ1v) is 8.70. The van der Waals surface area contributed by atoms with Crippen molar-refractivity contribution >= 4 is 12.1 Å². The van der Waals surface area contributed by atoms with Gasteiger partial charge in [-0.25, -0.2) is 9.59 Å². The Kier molecular flexibility index (Phi) is 4.50. The molecule has 8 nitrogen and oxygen atoms in total. The molecule has 2 heterocycles. The monoisotopic (exact) mass is 356 g/mol. The van der Waals surface area contributed by atoms with Gasteiger partial charge in [-0.2, -0.15) is 0 Å². The molecule has 1 N–H and O–H groups in total. The third-order valence-corrected chi connectivity index (χ3v) is 5.38. The Hall–Kier alpha value is -1.38. The largest absolute Gasteiger partial charge is 0.467 e. The smallest absolute Gasteiger partial charge is 0.411 e. The number of likely N-dealkylation sites (tertiary alicyclic amines) is 1. The second kappa shape index (κ2) is 6.10. The van der Waals surface area contributed by atoms with Crippen molar-refractivity contribution < 1.29 is 28.5 Å². The standard InChI is InChI=1S/C17H28N2O6/c1-15(2,3)25-14(21)19-10-16(18-4)9-17(23-6-7-24-17)8-11(16)12(19)13(20)22-5/h11-12,18H,6-10H2,1-5H3/t11-,12?,16-/m1/s1. The Bertz CT molecular complexity index is 554. The van der Waals surface area contributed by atoms with Gasteiger partial charge in [-0.05, 0) is 27.8 Å². The first-order chi connectivity index (χ1) is 11.7. The van der Waals surface area contributed by atoms with Gasteiger partial charge in [-0.1, -0.05) is 0 Å². The maximum atomic E-state index is 12.7. The molecule has 1 amide bonds. The van der Waals surface area contributed by atoms with E-state index in [0.717, 1.165) is 0 Å². The minimum Gasteiger partial charge on any atom is -0.467 e. The van der Waals surface area contributed by atoms with Gasteiger partial charge in [-0.15, -0.1) is 0 Å². The molecule has 1 aliphatic carbocycles. The van der Waals surface area contributed by atoms with Crippen LogP contribution in [0.1, 0.15) is 33.6 Å². The lowest BCUT2D eigenvalue weighted by atomic mass is 9.86. The summed E-state index contributed by atoms with van der Waals surface area (Å²) in [5, 5.41) is 3.33. The highest BCUT2D eigenvalue weighted by Gasteiger charge is 2.67. The molecule has 3 rings (SSSR count). The highest BCUT2D eigenvalue weighted by atomic mass is 16.7. The Morgan fingerprint density at radius 2 is 1.88 bits per heavy atom. The van der Waals surface area contributed by atoms with E-state index in [1.807, 2.05) is 7.05 Å². The fraction of sp³-hybridized carbons (Fsp3) is 0.882. The lowest BCUT2D eigenvalue weighted by molar-refractivity contribution is -0.162. The minimum atomic E-state index is -0.723. The zero-order chi connectivity index (χ0) is 18.5. The molecule has 8 heteroatoms. The summed E-state index contributed by atoms with van der Waals surface area (Å²) in [6.45, 7) is 6.85. The molecule has 1 saturated carbocycles. The summed E-state index contributed by atoms with van der Waals surface area (Å²) >= 11 is 0. The van der Waals surface area contributed by atoms with Crippen LogP contribution < -0.4 is 5.32 Å². The van der Waals surface area contributed by atoms with Gasteiger partial charge < -0.3 is 24.3 Å². The molecule has 3 aliphatic rings. The van der Waals surface area contributed by atoms with Gasteiger partial charge in [0.25, 0.3) is 0 Å². The number of carbonyl (C=O) groups excluding carboxylic acids is 2. The maximum absolute atomic E-state index is 12.7. The first-order valence-electron chi connectivity index (χ1n) is 8.70. The molecule has 1 spiro atoms. The summed E-state index contributed by atoms with van der Waals surface area (Å²) in [4.78, 5) is 26.7. The molecular formula is C17H28N2O6. The zero-order valence-electron chi connectivity index (χ0n) is 15.6. The lowest BCUT2D eigenvalue weighted by Gasteiger charge is -2.32. The second-order valence-electron chi connectivity index (χ2n) is 8.08. The van der Waals surface area contributed by atoms with Crippen LogP contribution in [0.4, 0.5) is 4.79 Å². The van der Waals surface area contributed by atoms with Crippen molar-refractivity contribution in [3.63, 3.8) is 0 Å². The van der Waals surface area contributed by atoms with Gasteiger partial charge in [0.1, 0.15) is 11.6 Å². The maximum Gasteiger partial charge on any atom is 0.411 e. The van der Waals surface area contributed by atoms with Crippen LogP contribution in [0.3, 0.4) is 0 Å². The molecule has 0 aromatic carbocycles. The van der Waals surface area contributed by atoms with Gasteiger partial charge in [0.05, 0.1) is 20.3 Å². The number of nitrogens with zero attached hydrogens (tertiary/aromatic N) is 1. The van der Waals surface area contributed by atoms with Gasteiger partial charge in [0.2, 0.25) is 0 Å². The van der Waals surface area contributed by atoms with Crippen molar-refractivity contribution in [3.8, 4) is 0 Å². The number of carbonyl (C=O) groups is 2. The number of hydrogen-bond acceptors (Lipinski definition) is 7. The van der Waals surface area contributed by atoms with Crippen LogP contribution in [0.5, 0.6) is 0 Å². The minimum absolute atomic E-state index is 0.171. The average molecular weight is 356 g/mol. The van der Waals surface area contributed by atoms with Crippen LogP contribution in [-0.2, 0) is 23.7 Å². The lowest BCUT2D eigenvalue weighted by Crippen LogP contribution is -2.49. The number of fused-ring (bicyclic) bond motifs is 1. The van der Waals surface area contributed by atoms with Crippen LogP contribution in [0.15, 0.2) is 0 Å². The van der Waals surface area contributed by atoms with E-state index in [0.29, 0.717) is 32.6 Å². The van der Waals surface area contributed by atoms with Crippen LogP contribution >= 0.6 is 0 Å². The molecule has 2 aliphatic heterocycles. The van der Waals surface area contributed by atoms with Crippen LogP contribution in [0.25, 0.3) is 0 Å². The number of ether oxygens (including phenoxy) is 4. The van der Waals surface area contributed by atoms with Gasteiger partial charge in [-0.3, -0.25) is 4.90 Å². The number of nitrogens with one attached hydrogen (secondary N) is 1. The topological polar surface area (TPSA) is 86.3 Å². The molecule has 25 heavy (non-hydrogen) atoms. The van der Waals surface area contributed by atoms with Crippen LogP contribution in [0.2, 0.25) is 0 Å². The summed E-state index contributed by atoms with van der Waals surface area (Å²) in [5.74, 6) is -1.29. The molecule has 0 aromatic rings. The van der Waals surface area contributed by atoms with Crippen molar-refractivity contribution in [2.45, 2.75) is 56.6 Å². The summed E-state index contributed by atoms with van der Waals surface area (Å²) < 4.78 is 22.2. The van der Waals surface area contributed by atoms with Gasteiger partial charge >= 0.3 is 12.1 Å². The Labute approximate surface area is 148 Å². The van der Waals surface area contributed by atoms with E-state index < -0.39 is 35.0 Å². The molecular weight excluding hydrogens is 328 g/mol. The first kappa shape index (κ1) is 18.4. The molecule has 0 bridgehead atoms. The molecule has 3 atom stereocenters. The third kappa shape index (κ3) is 3.11. The van der Waals surface area contributed by atoms with Crippen molar-refractivity contribution in [3.05, 3.63) is 0 Å². The van der Waals surface area contributed by atoms with Gasteiger partial charge in [0.15, 0.2) is 5.79 Å². The van der Waals surface area contributed by atoms with E-state index in [1.54, 1.807) is 20.8 Å². The molecule has 142 valence electrons. The number of rotatable bonds is 2. The predicted octanol–water partition coefficient (Wildman–Crippen LogP) is 0.890. The van der Waals surface area contributed by atoms with Crippen LogP contribution in [-0.4, -0.2) is 73.8 Å². The van der Waals surface area contributed by atoms with E-state index in [9.17, 15) is 9.59 Å². The molecule has 1 unspecified atom stereocenters. The normalized spacial score (nSPS) is 33.6. The summed E-state index contributed by atoms with van der Waals surface area (Å²) in [6.07, 6.45) is 0.607. The van der Waals surface area contributed by atoms with E-state index in [1.165, 1.54) is 12.0 Å². The molecule has 2 saturated heterocycles. The predicted molar refractivity (Wildman–Crippen MR) is 87.9 cm³/mol. The molecule has 3 fully saturated rings. The molecule has 0 aromatic heterocycles. The van der Waals surface area contributed by atoms with E-state index in [2.05, 4.69) is 5.32 Å². The Morgan fingerprint density at radius 3 is 2.40 bits per heavy atom. The molecule has 0 radical (unpaired) electrons. The Balaban J connectivity index is 1.90. The number of esters is 1. The quantitative estimate of drug-likeness (QED) is 0.735. The van der Waals surface area contributed by atoms with E-state index in [-0.39, 0.29) is 5.92 Å². The second-order valence-corrected chi connectivity index (χ2v) is 8.08. The summed E-state index contributed by atoms with van der Waals surface area (Å²) in [7, 11) is 3.18. The number of amides is 1. The Morgan fingerprint density at radius 1 is 1.24 bits per heavy atom. The van der Waals surface area contributed by atoms with E-state index in [4.69, 9.17) is 18.9 Å². The number of hydrogen-bond donors (Lipinski definition) is 1. The fourth-order valence-electron chi connectivity index (χ4n) is 4.40. The fourth-order valence-corrected chi connectivity index (χ4v) is 4.40. The summed E-state index contributed by atoms with van der Waals surface area (Å²) in [5.41, 5.74) is -1.11.